The molecule has 2 aromatic carbocycles. The van der Waals surface area contributed by atoms with Crippen molar-refractivity contribution in [3.05, 3.63) is 60.1 Å². The van der Waals surface area contributed by atoms with Crippen LogP contribution >= 0.6 is 0 Å². The zero-order chi connectivity index (χ0) is 28.0. The molecule has 0 amide bonds. The molecule has 3 aromatic heterocycles. The quantitative estimate of drug-likeness (QED) is 0.253. The third-order valence-corrected chi connectivity index (χ3v) is 8.26. The van der Waals surface area contributed by atoms with Crippen molar-refractivity contribution in [3.63, 3.8) is 0 Å². The molecular formula is C29H29F2N9O. The van der Waals surface area contributed by atoms with E-state index >= 15 is 4.39 Å². The Hall–Kier alpha value is -4.45. The number of aromatic amines is 1. The molecule has 0 saturated carbocycles. The van der Waals surface area contributed by atoms with Crippen molar-refractivity contribution in [3.8, 4) is 17.3 Å². The van der Waals surface area contributed by atoms with Crippen molar-refractivity contribution >= 4 is 33.4 Å². The predicted octanol–water partition coefficient (Wildman–Crippen LogP) is 4.49. The largest absolute Gasteiger partial charge is 0.461 e. The Morgan fingerprint density at radius 2 is 1.85 bits per heavy atom. The number of pyridine rings is 1. The van der Waals surface area contributed by atoms with E-state index in [0.29, 0.717) is 52.9 Å². The lowest BCUT2D eigenvalue weighted by atomic mass is 9.95. The molecule has 41 heavy (non-hydrogen) atoms. The van der Waals surface area contributed by atoms with Gasteiger partial charge in [-0.25, -0.2) is 8.78 Å². The minimum absolute atomic E-state index is 0.0114. The van der Waals surface area contributed by atoms with Crippen LogP contribution in [0, 0.1) is 11.6 Å². The molecule has 5 aromatic rings. The first-order valence-corrected chi connectivity index (χ1v) is 13.8. The first-order valence-electron chi connectivity index (χ1n) is 13.8. The molecule has 0 spiro atoms. The fraction of sp³-hybridized carbons (Fsp3) is 0.345. The van der Waals surface area contributed by atoms with Gasteiger partial charge in [-0.15, -0.1) is 5.10 Å². The number of hydrogen-bond donors (Lipinski definition) is 3. The lowest BCUT2D eigenvalue weighted by Crippen LogP contribution is -2.43. The maximum atomic E-state index is 16.3. The van der Waals surface area contributed by atoms with Gasteiger partial charge in [0.25, 0.3) is 0 Å². The van der Waals surface area contributed by atoms with Crippen LogP contribution in [0.1, 0.15) is 31.5 Å². The molecule has 12 heteroatoms. The van der Waals surface area contributed by atoms with Crippen molar-refractivity contribution in [1.29, 1.82) is 0 Å². The van der Waals surface area contributed by atoms with Crippen LogP contribution in [0.2, 0.25) is 0 Å². The molecule has 4 N–H and O–H groups in total. The number of H-pyrrole nitrogens is 1. The van der Waals surface area contributed by atoms with E-state index in [0.717, 1.165) is 38.8 Å². The fourth-order valence-corrected chi connectivity index (χ4v) is 6.30. The summed E-state index contributed by atoms with van der Waals surface area (Å²) in [7, 11) is 0. The molecule has 0 atom stereocenters. The summed E-state index contributed by atoms with van der Waals surface area (Å²) >= 11 is 0. The van der Waals surface area contributed by atoms with Crippen LogP contribution in [0.15, 0.2) is 42.6 Å². The number of benzene rings is 2. The summed E-state index contributed by atoms with van der Waals surface area (Å²) in [5.41, 5.74) is 6.00. The van der Waals surface area contributed by atoms with Crippen LogP contribution in [0.25, 0.3) is 32.9 Å². The molecule has 0 aliphatic carbocycles. The van der Waals surface area contributed by atoms with Gasteiger partial charge in [0.2, 0.25) is 5.95 Å². The van der Waals surface area contributed by atoms with Crippen LogP contribution in [0.5, 0.6) is 6.01 Å². The molecule has 0 radical (unpaired) electrons. The van der Waals surface area contributed by atoms with E-state index < -0.39 is 11.6 Å². The number of anilines is 2. The van der Waals surface area contributed by atoms with E-state index in [9.17, 15) is 4.39 Å². The maximum absolute atomic E-state index is 16.3. The Kier molecular flexibility index (Phi) is 6.34. The summed E-state index contributed by atoms with van der Waals surface area (Å²) in [4.78, 5) is 20.2. The normalized spacial score (nSPS) is 16.4. The lowest BCUT2D eigenvalue weighted by Gasteiger charge is -2.31. The summed E-state index contributed by atoms with van der Waals surface area (Å²) in [5.74, 6) is 0.0402. The summed E-state index contributed by atoms with van der Waals surface area (Å²) in [6.45, 7) is 2.97. The van der Waals surface area contributed by atoms with Gasteiger partial charge < -0.3 is 15.8 Å². The Labute approximate surface area is 234 Å². The Morgan fingerprint density at radius 3 is 2.63 bits per heavy atom. The lowest BCUT2D eigenvalue weighted by molar-refractivity contribution is 0.108. The standard InChI is InChI=1S/C29H29F2N9O/c30-20-8-2-6-17-5-1-7-18(22(17)20)24-23(31)25-19(15-34-24)26(33-12-9-21-35-27(32)39-38-21)37-28(36-25)41-16-29-10-3-13-40(29)14-4-11-29/h1-2,5-8,15H,3-4,9-14,16H2,(H,33,36,37)(H3,32,35,38,39). The van der Waals surface area contributed by atoms with Crippen LogP contribution < -0.4 is 15.8 Å². The van der Waals surface area contributed by atoms with Crippen molar-refractivity contribution in [2.45, 2.75) is 37.6 Å². The second-order valence-electron chi connectivity index (χ2n) is 10.7. The minimum Gasteiger partial charge on any atom is -0.461 e. The zero-order valence-electron chi connectivity index (χ0n) is 22.3. The van der Waals surface area contributed by atoms with E-state index in [2.05, 4.69) is 40.3 Å². The summed E-state index contributed by atoms with van der Waals surface area (Å²) < 4.78 is 37.4. The van der Waals surface area contributed by atoms with Gasteiger partial charge in [-0.1, -0.05) is 30.3 Å². The molecule has 210 valence electrons. The molecule has 5 heterocycles. The number of nitrogens with two attached hydrogens (primary N) is 1. The van der Waals surface area contributed by atoms with Crippen LogP contribution in [0.4, 0.5) is 20.5 Å². The van der Waals surface area contributed by atoms with Crippen LogP contribution in [-0.4, -0.2) is 66.8 Å². The molecule has 7 rings (SSSR count). The van der Waals surface area contributed by atoms with E-state index in [1.165, 1.54) is 12.3 Å². The highest BCUT2D eigenvalue weighted by Gasteiger charge is 2.45. The van der Waals surface area contributed by atoms with Gasteiger partial charge in [-0.3, -0.25) is 15.0 Å². The first kappa shape index (κ1) is 25.5. The molecule has 10 nitrogen and oxygen atoms in total. The number of nitrogens with zero attached hydrogens (tertiary/aromatic N) is 6. The van der Waals surface area contributed by atoms with Crippen LogP contribution in [-0.2, 0) is 6.42 Å². The topological polar surface area (TPSA) is 131 Å². The Balaban J connectivity index is 1.28. The summed E-state index contributed by atoms with van der Waals surface area (Å²) in [6.07, 6.45) is 6.37. The highest BCUT2D eigenvalue weighted by Crippen LogP contribution is 2.39. The van der Waals surface area contributed by atoms with E-state index in [4.69, 9.17) is 10.5 Å². The van der Waals surface area contributed by atoms with Gasteiger partial charge >= 0.3 is 6.01 Å². The monoisotopic (exact) mass is 557 g/mol. The van der Waals surface area contributed by atoms with E-state index in [1.807, 2.05) is 0 Å². The third kappa shape index (κ3) is 4.57. The number of rotatable bonds is 8. The maximum Gasteiger partial charge on any atom is 0.319 e. The number of nitrogen functional groups attached to an aromatic ring is 1. The van der Waals surface area contributed by atoms with Gasteiger partial charge in [0, 0.05) is 30.1 Å². The number of ether oxygens (including phenoxy) is 1. The highest BCUT2D eigenvalue weighted by atomic mass is 19.1. The average Bonchev–Trinajstić information content (AvgIpc) is 3.68. The molecule has 2 aliphatic rings. The number of nitrogens with one attached hydrogen (secondary N) is 2. The number of fused-ring (bicyclic) bond motifs is 3. The van der Waals surface area contributed by atoms with Gasteiger partial charge in [-0.05, 0) is 50.2 Å². The van der Waals surface area contributed by atoms with Gasteiger partial charge in [0.1, 0.15) is 35.3 Å². The van der Waals surface area contributed by atoms with Crippen molar-refractivity contribution in [2.75, 3.05) is 37.3 Å². The molecule has 2 aliphatic heterocycles. The smallest absolute Gasteiger partial charge is 0.319 e. The molecule has 2 saturated heterocycles. The Bertz CT molecular complexity index is 1740. The predicted molar refractivity (Wildman–Crippen MR) is 151 cm³/mol. The van der Waals surface area contributed by atoms with Crippen molar-refractivity contribution in [2.24, 2.45) is 0 Å². The average molecular weight is 558 g/mol. The van der Waals surface area contributed by atoms with Gasteiger partial charge in [-0.2, -0.15) is 15.0 Å². The SMILES string of the molecule is Nc1n[nH]c(CCNc2nc(OCC34CCCN3CCC4)nc3c(F)c(-c4cccc5cccc(F)c45)ncc23)n1. The van der Waals surface area contributed by atoms with Crippen molar-refractivity contribution in [1.82, 2.24) is 35.0 Å². The Morgan fingerprint density at radius 1 is 1.05 bits per heavy atom. The first-order chi connectivity index (χ1) is 20.0. The van der Waals surface area contributed by atoms with Gasteiger partial charge in [0.15, 0.2) is 5.82 Å². The summed E-state index contributed by atoms with van der Waals surface area (Å²) in [6, 6.07) is 10.1. The zero-order valence-corrected chi connectivity index (χ0v) is 22.3. The molecule has 0 bridgehead atoms. The van der Waals surface area contributed by atoms with Crippen molar-refractivity contribution < 1.29 is 13.5 Å². The highest BCUT2D eigenvalue weighted by molar-refractivity contribution is 5.99. The second-order valence-corrected chi connectivity index (χ2v) is 10.7. The van der Waals surface area contributed by atoms with E-state index in [1.54, 1.807) is 30.3 Å². The summed E-state index contributed by atoms with van der Waals surface area (Å²) in [5, 5.41) is 11.2. The van der Waals surface area contributed by atoms with Gasteiger partial charge in [0.05, 0.1) is 10.9 Å². The third-order valence-electron chi connectivity index (χ3n) is 8.26. The molecule has 0 unspecified atom stereocenters. The number of aromatic nitrogens is 6. The van der Waals surface area contributed by atoms with Crippen LogP contribution in [0.3, 0.4) is 0 Å². The second kappa shape index (κ2) is 10.2. The number of hydrogen-bond acceptors (Lipinski definition) is 9. The minimum atomic E-state index is -0.668. The fourth-order valence-electron chi connectivity index (χ4n) is 6.30. The van der Waals surface area contributed by atoms with E-state index in [-0.39, 0.29) is 28.7 Å². The molecule has 2 fully saturated rings. The molecular weight excluding hydrogens is 528 g/mol. The number of halogens is 2.